The van der Waals surface area contributed by atoms with Crippen LogP contribution in [0.2, 0.25) is 0 Å². The second kappa shape index (κ2) is 7.64. The molecule has 0 nitrogen and oxygen atoms in total. The Morgan fingerprint density at radius 1 is 0.316 bits per heavy atom. The van der Waals surface area contributed by atoms with Crippen LogP contribution in [0, 0.1) is 0 Å². The molecule has 0 N–H and O–H groups in total. The maximum absolute atomic E-state index is 2.41. The summed E-state index contributed by atoms with van der Waals surface area (Å²) < 4.78 is 5.42. The highest BCUT2D eigenvalue weighted by atomic mass is 32.1. The van der Waals surface area contributed by atoms with Crippen LogP contribution < -0.4 is 0 Å². The quantitative estimate of drug-likeness (QED) is 0.190. The van der Waals surface area contributed by atoms with Gasteiger partial charge < -0.3 is 0 Å². The van der Waals surface area contributed by atoms with Crippen LogP contribution in [0.4, 0.5) is 0 Å². The number of hydrogen-bond acceptors (Lipinski definition) is 2. The summed E-state index contributed by atoms with van der Waals surface area (Å²) in [6.45, 7) is 0. The molecule has 0 saturated heterocycles. The summed E-state index contributed by atoms with van der Waals surface area (Å²) in [5.41, 5.74) is 2.61. The van der Waals surface area contributed by atoms with E-state index in [1.807, 2.05) is 22.7 Å². The minimum Gasteiger partial charge on any atom is -0.135 e. The standard InChI is InChI=1S/C36H20S2/c1-3-9-26-21(7-1)15-22-8-2-4-10-27(22)36(26)23-13-14-29-31-17-24-16-30-28-11-5-6-12-32(28)37-34(30)19-25(24)20-35(31)38-33(29)18-23/h1-20H. The topological polar surface area (TPSA) is 0 Å². The van der Waals surface area contributed by atoms with Gasteiger partial charge in [0.05, 0.1) is 0 Å². The minimum atomic E-state index is 1.29. The van der Waals surface area contributed by atoms with Gasteiger partial charge in [-0.15, -0.1) is 22.7 Å². The summed E-state index contributed by atoms with van der Waals surface area (Å²) in [6.07, 6.45) is 0. The molecule has 9 aromatic rings. The van der Waals surface area contributed by atoms with Crippen LogP contribution in [0.3, 0.4) is 0 Å². The molecule has 0 atom stereocenters. The summed E-state index contributed by atoms with van der Waals surface area (Å²) in [7, 11) is 0. The van der Waals surface area contributed by atoms with E-state index in [2.05, 4.69) is 121 Å². The number of hydrogen-bond donors (Lipinski definition) is 0. The number of thiophene rings is 2. The van der Waals surface area contributed by atoms with Crippen molar-refractivity contribution in [3.8, 4) is 11.1 Å². The number of fused-ring (bicyclic) bond motifs is 9. The Hall–Kier alpha value is -4.24. The van der Waals surface area contributed by atoms with Crippen molar-refractivity contribution in [2.75, 3.05) is 0 Å². The molecule has 0 radical (unpaired) electrons. The molecule has 176 valence electrons. The first-order chi connectivity index (χ1) is 18.8. The monoisotopic (exact) mass is 516 g/mol. The molecule has 2 heterocycles. The van der Waals surface area contributed by atoms with Crippen molar-refractivity contribution in [2.45, 2.75) is 0 Å². The van der Waals surface area contributed by atoms with Crippen molar-refractivity contribution in [3.05, 3.63) is 121 Å². The van der Waals surface area contributed by atoms with Gasteiger partial charge in [-0.3, -0.25) is 0 Å². The SMILES string of the molecule is c1ccc2c(-c3ccc4c(c3)sc3cc5cc6sc7ccccc7c6cc5cc34)c3ccccc3cc2c1. The predicted molar refractivity (Wildman–Crippen MR) is 170 cm³/mol. The molecule has 0 aliphatic rings. The Morgan fingerprint density at radius 2 is 0.842 bits per heavy atom. The Kier molecular flexibility index (Phi) is 4.18. The largest absolute Gasteiger partial charge is 0.135 e. The summed E-state index contributed by atoms with van der Waals surface area (Å²) in [6, 6.07) is 45.2. The van der Waals surface area contributed by atoms with Gasteiger partial charge in [0.25, 0.3) is 0 Å². The smallest absolute Gasteiger partial charge is 0.0361 e. The van der Waals surface area contributed by atoms with E-state index in [0.717, 1.165) is 0 Å². The van der Waals surface area contributed by atoms with Crippen LogP contribution in [-0.2, 0) is 0 Å². The molecular formula is C36H20S2. The van der Waals surface area contributed by atoms with Gasteiger partial charge in [-0.25, -0.2) is 0 Å². The van der Waals surface area contributed by atoms with Crippen molar-refractivity contribution in [2.24, 2.45) is 0 Å². The van der Waals surface area contributed by atoms with Crippen LogP contribution in [0.5, 0.6) is 0 Å². The molecule has 2 heteroatoms. The van der Waals surface area contributed by atoms with Gasteiger partial charge in [-0.1, -0.05) is 78.9 Å². The lowest BCUT2D eigenvalue weighted by atomic mass is 9.92. The van der Waals surface area contributed by atoms with Crippen molar-refractivity contribution in [3.63, 3.8) is 0 Å². The highest BCUT2D eigenvalue weighted by Gasteiger charge is 2.14. The number of benzene rings is 7. The van der Waals surface area contributed by atoms with E-state index in [-0.39, 0.29) is 0 Å². The fraction of sp³-hybridized carbons (Fsp3) is 0. The molecule has 0 aliphatic carbocycles. The zero-order valence-corrected chi connectivity index (χ0v) is 22.0. The van der Waals surface area contributed by atoms with Crippen LogP contribution in [-0.4, -0.2) is 0 Å². The first-order valence-corrected chi connectivity index (χ1v) is 14.6. The molecular weight excluding hydrogens is 497 g/mol. The molecule has 38 heavy (non-hydrogen) atoms. The molecule has 0 amide bonds. The highest BCUT2D eigenvalue weighted by molar-refractivity contribution is 7.26. The van der Waals surface area contributed by atoms with Crippen molar-refractivity contribution in [1.29, 1.82) is 0 Å². The first-order valence-electron chi connectivity index (χ1n) is 12.9. The Labute approximate surface area is 227 Å². The lowest BCUT2D eigenvalue weighted by molar-refractivity contribution is 1.72. The molecule has 0 unspecified atom stereocenters. The van der Waals surface area contributed by atoms with Gasteiger partial charge in [0.2, 0.25) is 0 Å². The maximum Gasteiger partial charge on any atom is 0.0361 e. The third-order valence-electron chi connectivity index (χ3n) is 7.99. The van der Waals surface area contributed by atoms with E-state index in [9.17, 15) is 0 Å². The summed E-state index contributed by atoms with van der Waals surface area (Å²) >= 11 is 3.80. The van der Waals surface area contributed by atoms with E-state index >= 15 is 0 Å². The Balaban J connectivity index is 1.31. The Bertz CT molecular complexity index is 2350. The molecule has 7 aromatic carbocycles. The van der Waals surface area contributed by atoms with Gasteiger partial charge in [-0.05, 0) is 85.9 Å². The molecule has 0 aliphatic heterocycles. The third kappa shape index (κ3) is 2.90. The van der Waals surface area contributed by atoms with Crippen molar-refractivity contribution < 1.29 is 0 Å². The summed E-state index contributed by atoms with van der Waals surface area (Å²) in [4.78, 5) is 0. The third-order valence-corrected chi connectivity index (χ3v) is 10.2. The second-order valence-electron chi connectivity index (χ2n) is 10.1. The minimum absolute atomic E-state index is 1.29. The molecule has 9 rings (SSSR count). The lowest BCUT2D eigenvalue weighted by Crippen LogP contribution is -1.85. The second-order valence-corrected chi connectivity index (χ2v) is 12.3. The van der Waals surface area contributed by atoms with Gasteiger partial charge in [0.15, 0.2) is 0 Å². The van der Waals surface area contributed by atoms with Crippen LogP contribution >= 0.6 is 22.7 Å². The zero-order valence-electron chi connectivity index (χ0n) is 20.4. The maximum atomic E-state index is 2.41. The predicted octanol–water partition coefficient (Wildman–Crippen LogP) is 11.5. The van der Waals surface area contributed by atoms with Gasteiger partial charge >= 0.3 is 0 Å². The molecule has 2 aromatic heterocycles. The Morgan fingerprint density at radius 3 is 1.55 bits per heavy atom. The fourth-order valence-corrected chi connectivity index (χ4v) is 8.53. The average Bonchev–Trinajstić information content (AvgIpc) is 3.50. The van der Waals surface area contributed by atoms with Crippen LogP contribution in [0.15, 0.2) is 121 Å². The van der Waals surface area contributed by atoms with Crippen LogP contribution in [0.1, 0.15) is 0 Å². The fourth-order valence-electron chi connectivity index (χ4n) is 6.22. The molecule has 0 fully saturated rings. The molecule has 0 bridgehead atoms. The van der Waals surface area contributed by atoms with Crippen LogP contribution in [0.25, 0.3) is 83.8 Å². The van der Waals surface area contributed by atoms with Gasteiger partial charge in [0, 0.05) is 40.3 Å². The van der Waals surface area contributed by atoms with Gasteiger partial charge in [0.1, 0.15) is 0 Å². The van der Waals surface area contributed by atoms with Crippen molar-refractivity contribution in [1.82, 2.24) is 0 Å². The average molecular weight is 517 g/mol. The van der Waals surface area contributed by atoms with Crippen molar-refractivity contribution >= 4 is 95.3 Å². The lowest BCUT2D eigenvalue weighted by Gasteiger charge is -2.12. The molecule has 0 spiro atoms. The van der Waals surface area contributed by atoms with E-state index < -0.39 is 0 Å². The first kappa shape index (κ1) is 20.8. The summed E-state index contributed by atoms with van der Waals surface area (Å²) in [5.74, 6) is 0. The van der Waals surface area contributed by atoms with E-state index in [1.54, 1.807) is 0 Å². The zero-order chi connectivity index (χ0) is 24.8. The highest BCUT2D eigenvalue weighted by Crippen LogP contribution is 2.43. The van der Waals surface area contributed by atoms with E-state index in [0.29, 0.717) is 0 Å². The molecule has 0 saturated carbocycles. The van der Waals surface area contributed by atoms with Gasteiger partial charge in [-0.2, -0.15) is 0 Å². The normalized spacial score (nSPS) is 12.2. The van der Waals surface area contributed by atoms with E-state index in [4.69, 9.17) is 0 Å². The number of rotatable bonds is 1. The summed E-state index contributed by atoms with van der Waals surface area (Å²) in [5, 5.41) is 13.3. The van der Waals surface area contributed by atoms with E-state index in [1.165, 1.54) is 83.8 Å².